The molecule has 2 atom stereocenters. The SMILES string of the molecule is O=C(C(O)C(O)c1nc2ccccc2s1)N(CC(F)F)C1CC1. The average molecular weight is 342 g/mol. The number of nitrogens with zero attached hydrogens (tertiary/aromatic N) is 2. The zero-order valence-electron chi connectivity index (χ0n) is 12.1. The monoisotopic (exact) mass is 342 g/mol. The maximum Gasteiger partial charge on any atom is 0.255 e. The van der Waals surface area contributed by atoms with Crippen molar-refractivity contribution < 1.29 is 23.8 Å². The number of fused-ring (bicyclic) bond motifs is 1. The van der Waals surface area contributed by atoms with Gasteiger partial charge in [0.25, 0.3) is 12.3 Å². The zero-order chi connectivity index (χ0) is 16.6. The first kappa shape index (κ1) is 16.2. The Labute approximate surface area is 135 Å². The Kier molecular flexibility index (Phi) is 4.56. The smallest absolute Gasteiger partial charge is 0.255 e. The van der Waals surface area contributed by atoms with Crippen molar-refractivity contribution >= 4 is 27.5 Å². The van der Waals surface area contributed by atoms with E-state index in [1.54, 1.807) is 12.1 Å². The molecule has 8 heteroatoms. The van der Waals surface area contributed by atoms with Gasteiger partial charge < -0.3 is 15.1 Å². The van der Waals surface area contributed by atoms with E-state index in [9.17, 15) is 23.8 Å². The fourth-order valence-electron chi connectivity index (χ4n) is 2.41. The maximum absolute atomic E-state index is 12.6. The van der Waals surface area contributed by atoms with E-state index < -0.39 is 31.1 Å². The number of aromatic nitrogens is 1. The van der Waals surface area contributed by atoms with Crippen LogP contribution in [0.15, 0.2) is 24.3 Å². The topological polar surface area (TPSA) is 73.7 Å². The predicted octanol–water partition coefficient (Wildman–Crippen LogP) is 1.95. The molecule has 3 rings (SSSR count). The fourth-order valence-corrected chi connectivity index (χ4v) is 3.39. The second-order valence-electron chi connectivity index (χ2n) is 5.52. The Morgan fingerprint density at radius 3 is 2.65 bits per heavy atom. The first-order chi connectivity index (χ1) is 11.0. The quantitative estimate of drug-likeness (QED) is 0.841. The number of halogens is 2. The van der Waals surface area contributed by atoms with Gasteiger partial charge in [0.1, 0.15) is 11.1 Å². The van der Waals surface area contributed by atoms with E-state index in [0.29, 0.717) is 18.4 Å². The van der Waals surface area contributed by atoms with Crippen LogP contribution >= 0.6 is 11.3 Å². The molecule has 5 nitrogen and oxygen atoms in total. The highest BCUT2D eigenvalue weighted by Crippen LogP contribution is 2.32. The second-order valence-corrected chi connectivity index (χ2v) is 6.58. The number of amides is 1. The molecule has 1 aromatic carbocycles. The number of carbonyl (C=O) groups excluding carboxylic acids is 1. The lowest BCUT2D eigenvalue weighted by Gasteiger charge is -2.26. The van der Waals surface area contributed by atoms with E-state index in [1.165, 1.54) is 0 Å². The van der Waals surface area contributed by atoms with Gasteiger partial charge >= 0.3 is 0 Å². The second kappa shape index (κ2) is 6.46. The highest BCUT2D eigenvalue weighted by atomic mass is 32.1. The van der Waals surface area contributed by atoms with Crippen LogP contribution in [0.3, 0.4) is 0 Å². The summed E-state index contributed by atoms with van der Waals surface area (Å²) >= 11 is 1.16. The molecule has 1 saturated carbocycles. The number of hydrogen-bond acceptors (Lipinski definition) is 5. The fraction of sp³-hybridized carbons (Fsp3) is 0.467. The van der Waals surface area contributed by atoms with Gasteiger partial charge in [-0.25, -0.2) is 13.8 Å². The Balaban J connectivity index is 1.77. The van der Waals surface area contributed by atoms with Crippen molar-refractivity contribution in [3.63, 3.8) is 0 Å². The summed E-state index contributed by atoms with van der Waals surface area (Å²) in [6.45, 7) is -0.729. The van der Waals surface area contributed by atoms with E-state index in [1.807, 2.05) is 12.1 Å². The number of thiazole rings is 1. The largest absolute Gasteiger partial charge is 0.383 e. The number of para-hydroxylation sites is 1. The molecule has 1 amide bonds. The number of rotatable bonds is 6. The molecule has 0 spiro atoms. The molecule has 0 radical (unpaired) electrons. The Morgan fingerprint density at radius 2 is 2.04 bits per heavy atom. The normalized spacial score (nSPS) is 17.4. The highest BCUT2D eigenvalue weighted by Gasteiger charge is 2.39. The maximum atomic E-state index is 12.6. The molecule has 1 aliphatic rings. The number of aliphatic hydroxyl groups excluding tert-OH is 2. The first-order valence-corrected chi connectivity index (χ1v) is 8.09. The van der Waals surface area contributed by atoms with E-state index in [0.717, 1.165) is 20.9 Å². The highest BCUT2D eigenvalue weighted by molar-refractivity contribution is 7.18. The molecule has 1 fully saturated rings. The minimum atomic E-state index is -2.67. The average Bonchev–Trinajstić information content (AvgIpc) is 3.28. The lowest BCUT2D eigenvalue weighted by molar-refractivity contribution is -0.149. The minimum Gasteiger partial charge on any atom is -0.383 e. The third kappa shape index (κ3) is 3.49. The summed E-state index contributed by atoms with van der Waals surface area (Å²) in [4.78, 5) is 17.4. The number of benzene rings is 1. The molecule has 0 saturated heterocycles. The van der Waals surface area contributed by atoms with Crippen molar-refractivity contribution in [2.45, 2.75) is 37.5 Å². The first-order valence-electron chi connectivity index (χ1n) is 7.27. The van der Waals surface area contributed by atoms with Crippen molar-refractivity contribution in [2.24, 2.45) is 0 Å². The Hall–Kier alpha value is -1.64. The van der Waals surface area contributed by atoms with E-state index >= 15 is 0 Å². The van der Waals surface area contributed by atoms with E-state index in [4.69, 9.17) is 0 Å². The predicted molar refractivity (Wildman–Crippen MR) is 81.3 cm³/mol. The van der Waals surface area contributed by atoms with Gasteiger partial charge in [-0.1, -0.05) is 12.1 Å². The Morgan fingerprint density at radius 1 is 1.35 bits per heavy atom. The standard InChI is InChI=1S/C15H16F2N2O3S/c16-11(17)7-19(8-5-6-8)15(22)13(21)12(20)14-18-9-3-1-2-4-10(9)23-14/h1-4,8,11-13,20-21H,5-7H2. The van der Waals surface area contributed by atoms with Crippen molar-refractivity contribution in [1.29, 1.82) is 0 Å². The van der Waals surface area contributed by atoms with Gasteiger partial charge in [0.15, 0.2) is 6.10 Å². The lowest BCUT2D eigenvalue weighted by atomic mass is 10.2. The van der Waals surface area contributed by atoms with Crippen LogP contribution in [0.1, 0.15) is 24.0 Å². The molecule has 1 aliphatic carbocycles. The molecule has 2 N–H and O–H groups in total. The number of alkyl halides is 2. The molecule has 2 unspecified atom stereocenters. The van der Waals surface area contributed by atoms with Crippen LogP contribution in [0.2, 0.25) is 0 Å². The molecule has 23 heavy (non-hydrogen) atoms. The van der Waals surface area contributed by atoms with Crippen LogP contribution in [0.5, 0.6) is 0 Å². The minimum absolute atomic E-state index is 0.194. The molecule has 124 valence electrons. The van der Waals surface area contributed by atoms with Gasteiger partial charge in [0.2, 0.25) is 0 Å². The third-order valence-corrected chi connectivity index (χ3v) is 4.83. The molecule has 1 aromatic heterocycles. The summed E-state index contributed by atoms with van der Waals surface area (Å²) < 4.78 is 26.0. The summed E-state index contributed by atoms with van der Waals surface area (Å²) in [6.07, 6.45) is -4.72. The van der Waals surface area contributed by atoms with Crippen molar-refractivity contribution in [1.82, 2.24) is 9.88 Å². The molecular weight excluding hydrogens is 326 g/mol. The van der Waals surface area contributed by atoms with Crippen LogP contribution in [0.25, 0.3) is 10.2 Å². The van der Waals surface area contributed by atoms with Crippen LogP contribution in [-0.4, -0.2) is 51.1 Å². The molecule has 1 heterocycles. The van der Waals surface area contributed by atoms with Gasteiger partial charge in [-0.05, 0) is 25.0 Å². The number of hydrogen-bond donors (Lipinski definition) is 2. The van der Waals surface area contributed by atoms with Gasteiger partial charge in [0.05, 0.1) is 16.8 Å². The molecule has 0 aliphatic heterocycles. The van der Waals surface area contributed by atoms with E-state index in [2.05, 4.69) is 4.98 Å². The van der Waals surface area contributed by atoms with Crippen molar-refractivity contribution in [3.8, 4) is 0 Å². The van der Waals surface area contributed by atoms with Gasteiger partial charge in [-0.2, -0.15) is 0 Å². The molecular formula is C15H16F2N2O3S. The summed E-state index contributed by atoms with van der Waals surface area (Å²) in [5.41, 5.74) is 0.651. The van der Waals surface area contributed by atoms with Gasteiger partial charge in [-0.15, -0.1) is 11.3 Å². The van der Waals surface area contributed by atoms with E-state index in [-0.39, 0.29) is 11.0 Å². The van der Waals surface area contributed by atoms with Crippen LogP contribution in [0, 0.1) is 0 Å². The third-order valence-electron chi connectivity index (χ3n) is 3.72. The van der Waals surface area contributed by atoms with Gasteiger partial charge in [0, 0.05) is 6.04 Å². The van der Waals surface area contributed by atoms with Crippen molar-refractivity contribution in [2.75, 3.05) is 6.54 Å². The summed E-state index contributed by atoms with van der Waals surface area (Å²) in [5, 5.41) is 20.5. The number of carbonyl (C=O) groups is 1. The van der Waals surface area contributed by atoms with Crippen LogP contribution < -0.4 is 0 Å². The summed E-state index contributed by atoms with van der Waals surface area (Å²) in [7, 11) is 0. The van der Waals surface area contributed by atoms with Crippen LogP contribution in [0.4, 0.5) is 8.78 Å². The van der Waals surface area contributed by atoms with Crippen LogP contribution in [-0.2, 0) is 4.79 Å². The summed E-state index contributed by atoms with van der Waals surface area (Å²) in [6, 6.07) is 6.90. The summed E-state index contributed by atoms with van der Waals surface area (Å²) in [5.74, 6) is -0.875. The Bertz CT molecular complexity index is 672. The zero-order valence-corrected chi connectivity index (χ0v) is 12.9. The van der Waals surface area contributed by atoms with Crippen molar-refractivity contribution in [3.05, 3.63) is 29.3 Å². The lowest BCUT2D eigenvalue weighted by Crippen LogP contribution is -2.45. The molecule has 0 bridgehead atoms. The molecule has 2 aromatic rings. The van der Waals surface area contributed by atoms with Gasteiger partial charge in [-0.3, -0.25) is 4.79 Å². The number of aliphatic hydroxyl groups is 2.